The Hall–Kier alpha value is -2.85. The monoisotopic (exact) mass is 502 g/mol. The zero-order chi connectivity index (χ0) is 25.1. The molecule has 0 unspecified atom stereocenters. The summed E-state index contributed by atoms with van der Waals surface area (Å²) in [5, 5.41) is 9.36. The van der Waals surface area contributed by atoms with Crippen LogP contribution in [0.1, 0.15) is 24.8 Å². The Morgan fingerprint density at radius 1 is 1.24 bits per heavy atom. The number of alkyl carbamates (subject to hydrolysis) is 1. The number of nitrogens with zero attached hydrogens (tertiary/aromatic N) is 3. The minimum Gasteiger partial charge on any atom is -0.425 e. The fourth-order valence-corrected chi connectivity index (χ4v) is 6.12. The summed E-state index contributed by atoms with van der Waals surface area (Å²) in [7, 11) is -2.62. The summed E-state index contributed by atoms with van der Waals surface area (Å²) in [6.45, 7) is 0.531. The number of likely N-dealkylation sites (tertiary alicyclic amines) is 2. The van der Waals surface area contributed by atoms with Crippen LogP contribution in [-0.2, 0) is 25.5 Å². The molecule has 2 amide bonds. The number of nitriles is 1. The van der Waals surface area contributed by atoms with Crippen molar-refractivity contribution in [2.75, 3.05) is 33.2 Å². The van der Waals surface area contributed by atoms with Gasteiger partial charge >= 0.3 is 12.3 Å². The molecule has 1 aromatic rings. The molecule has 3 rings (SSSR count). The first-order chi connectivity index (χ1) is 15.9. The van der Waals surface area contributed by atoms with Crippen LogP contribution in [0.15, 0.2) is 29.2 Å². The van der Waals surface area contributed by atoms with Crippen molar-refractivity contribution in [1.82, 2.24) is 15.1 Å². The van der Waals surface area contributed by atoms with Gasteiger partial charge in [0.2, 0.25) is 5.91 Å². The zero-order valence-electron chi connectivity index (χ0n) is 18.4. The molecule has 0 aromatic heterocycles. The average molecular weight is 503 g/mol. The van der Waals surface area contributed by atoms with Crippen molar-refractivity contribution in [2.45, 2.75) is 41.8 Å². The molecule has 1 N–H and O–H groups in total. The highest BCUT2D eigenvalue weighted by molar-refractivity contribution is 7.92. The number of sulfone groups is 1. The summed E-state index contributed by atoms with van der Waals surface area (Å²) >= 11 is 0. The van der Waals surface area contributed by atoms with Crippen LogP contribution in [0.2, 0.25) is 0 Å². The third kappa shape index (κ3) is 5.61. The van der Waals surface area contributed by atoms with E-state index >= 15 is 0 Å². The van der Waals surface area contributed by atoms with Gasteiger partial charge in [0.05, 0.1) is 21.8 Å². The topological polar surface area (TPSA) is 120 Å². The predicted molar refractivity (Wildman–Crippen MR) is 113 cm³/mol. The van der Waals surface area contributed by atoms with Crippen LogP contribution in [0.5, 0.6) is 0 Å². The fourth-order valence-electron chi connectivity index (χ4n) is 4.23. The lowest BCUT2D eigenvalue weighted by Crippen LogP contribution is -2.46. The van der Waals surface area contributed by atoms with Crippen molar-refractivity contribution in [3.05, 3.63) is 29.8 Å². The maximum Gasteiger partial charge on any atom is 0.417 e. The Balaban J connectivity index is 1.89. The molecule has 0 aliphatic carbocycles. The molecule has 0 spiro atoms. The number of carbonyl (C=O) groups excluding carboxylic acids is 2. The van der Waals surface area contributed by atoms with Gasteiger partial charge < -0.3 is 19.9 Å². The second-order valence-electron chi connectivity index (χ2n) is 8.34. The normalized spacial score (nSPS) is 22.3. The number of ether oxygens (including phenoxy) is 1. The molecule has 186 valence electrons. The summed E-state index contributed by atoms with van der Waals surface area (Å²) in [5.74, 6) is -0.832. The fraction of sp³-hybridized carbons (Fsp3) is 0.571. The average Bonchev–Trinajstić information content (AvgIpc) is 3.21. The van der Waals surface area contributed by atoms with Crippen LogP contribution >= 0.6 is 0 Å². The van der Waals surface area contributed by atoms with Gasteiger partial charge in [0.15, 0.2) is 16.1 Å². The first-order valence-corrected chi connectivity index (χ1v) is 12.2. The van der Waals surface area contributed by atoms with Crippen molar-refractivity contribution >= 4 is 21.8 Å². The minimum absolute atomic E-state index is 0.366. The molecule has 0 radical (unpaired) electrons. The van der Waals surface area contributed by atoms with E-state index in [4.69, 9.17) is 10.00 Å². The van der Waals surface area contributed by atoms with Gasteiger partial charge in [0.1, 0.15) is 6.54 Å². The van der Waals surface area contributed by atoms with Crippen LogP contribution in [0, 0.1) is 17.2 Å². The highest BCUT2D eigenvalue weighted by Gasteiger charge is 2.48. The summed E-state index contributed by atoms with van der Waals surface area (Å²) in [5.41, 5.74) is -1.29. The molecule has 2 atom stereocenters. The standard InChI is InChI=1S/C21H25F3N4O5S/c1-27-10-6-14(7-11-27)19(29)28-13-15(12-18(28)33-20(30)26-9-8-25)34(31,32)17-5-3-2-4-16(17)21(22,23)24/h2-5,14-15,18H,6-7,9-13H2,1H3,(H,26,30)/t15-,18+/m1/s1. The van der Waals surface area contributed by atoms with E-state index in [1.165, 1.54) is 6.07 Å². The number of halogens is 3. The summed E-state index contributed by atoms with van der Waals surface area (Å²) in [6.07, 6.45) is -6.54. The van der Waals surface area contributed by atoms with Gasteiger partial charge in [0.25, 0.3) is 0 Å². The number of piperidine rings is 1. The Labute approximate surface area is 195 Å². The number of nitrogens with one attached hydrogen (secondary N) is 1. The Bertz CT molecular complexity index is 1060. The van der Waals surface area contributed by atoms with Crippen molar-refractivity contribution < 1.29 is 35.9 Å². The number of rotatable bonds is 5. The lowest BCUT2D eigenvalue weighted by atomic mass is 9.96. The van der Waals surface area contributed by atoms with E-state index in [-0.39, 0.29) is 13.0 Å². The van der Waals surface area contributed by atoms with Crippen LogP contribution in [-0.4, -0.2) is 74.9 Å². The minimum atomic E-state index is -4.89. The first kappa shape index (κ1) is 25.8. The number of hydrogen-bond acceptors (Lipinski definition) is 7. The molecule has 13 heteroatoms. The van der Waals surface area contributed by atoms with Crippen molar-refractivity contribution in [2.24, 2.45) is 5.92 Å². The Kier molecular flexibility index (Phi) is 7.72. The SMILES string of the molecule is CN1CCC(C(=O)N2C[C@H](S(=O)(=O)c3ccccc3C(F)(F)F)C[C@@H]2OC(=O)NCC#N)CC1. The maximum atomic E-state index is 13.5. The van der Waals surface area contributed by atoms with Crippen molar-refractivity contribution in [1.29, 1.82) is 5.26 Å². The number of benzene rings is 1. The first-order valence-electron chi connectivity index (χ1n) is 10.7. The van der Waals surface area contributed by atoms with Crippen LogP contribution < -0.4 is 5.32 Å². The van der Waals surface area contributed by atoms with E-state index in [1.54, 1.807) is 6.07 Å². The lowest BCUT2D eigenvalue weighted by Gasteiger charge is -2.32. The second kappa shape index (κ2) is 10.2. The maximum absolute atomic E-state index is 13.5. The van der Waals surface area contributed by atoms with Crippen LogP contribution in [0.3, 0.4) is 0 Å². The second-order valence-corrected chi connectivity index (χ2v) is 10.5. The third-order valence-corrected chi connectivity index (χ3v) is 8.24. The smallest absolute Gasteiger partial charge is 0.417 e. The molecule has 1 aromatic carbocycles. The quantitative estimate of drug-likeness (QED) is 0.612. The lowest BCUT2D eigenvalue weighted by molar-refractivity contribution is -0.144. The van der Waals surface area contributed by atoms with E-state index in [0.717, 1.165) is 17.0 Å². The highest BCUT2D eigenvalue weighted by Crippen LogP contribution is 2.38. The highest BCUT2D eigenvalue weighted by atomic mass is 32.2. The molecule has 0 saturated carbocycles. The summed E-state index contributed by atoms with van der Waals surface area (Å²) in [6, 6.07) is 5.55. The number of carbonyl (C=O) groups is 2. The Morgan fingerprint density at radius 2 is 1.88 bits per heavy atom. The summed E-state index contributed by atoms with van der Waals surface area (Å²) < 4.78 is 72.1. The van der Waals surface area contributed by atoms with E-state index < -0.39 is 62.4 Å². The molecule has 2 fully saturated rings. The van der Waals surface area contributed by atoms with Gasteiger partial charge in [-0.05, 0) is 45.1 Å². The summed E-state index contributed by atoms with van der Waals surface area (Å²) in [4.78, 5) is 27.5. The van der Waals surface area contributed by atoms with Gasteiger partial charge in [-0.2, -0.15) is 18.4 Å². The van der Waals surface area contributed by atoms with Crippen LogP contribution in [0.25, 0.3) is 0 Å². The molecule has 0 bridgehead atoms. The van der Waals surface area contributed by atoms with Gasteiger partial charge in [-0.1, -0.05) is 12.1 Å². The predicted octanol–water partition coefficient (Wildman–Crippen LogP) is 2.00. The third-order valence-electron chi connectivity index (χ3n) is 6.06. The molecule has 9 nitrogen and oxygen atoms in total. The number of alkyl halides is 3. The molecule has 2 aliphatic rings. The van der Waals surface area contributed by atoms with Gasteiger partial charge in [0, 0.05) is 18.9 Å². The van der Waals surface area contributed by atoms with E-state index in [9.17, 15) is 31.2 Å². The molecule has 2 saturated heterocycles. The zero-order valence-corrected chi connectivity index (χ0v) is 19.2. The van der Waals surface area contributed by atoms with Gasteiger partial charge in [-0.25, -0.2) is 13.2 Å². The van der Waals surface area contributed by atoms with E-state index in [1.807, 2.05) is 11.9 Å². The van der Waals surface area contributed by atoms with Crippen LogP contribution in [0.4, 0.5) is 18.0 Å². The number of hydrogen-bond donors (Lipinski definition) is 1. The Morgan fingerprint density at radius 3 is 2.50 bits per heavy atom. The molecular formula is C21H25F3N4O5S. The van der Waals surface area contributed by atoms with Crippen molar-refractivity contribution in [3.8, 4) is 6.07 Å². The van der Waals surface area contributed by atoms with Crippen molar-refractivity contribution in [3.63, 3.8) is 0 Å². The number of amides is 2. The van der Waals surface area contributed by atoms with E-state index in [0.29, 0.717) is 32.0 Å². The van der Waals surface area contributed by atoms with Gasteiger partial charge in [-0.15, -0.1) is 0 Å². The largest absolute Gasteiger partial charge is 0.425 e. The molecular weight excluding hydrogens is 477 g/mol. The molecule has 2 aliphatic heterocycles. The van der Waals surface area contributed by atoms with E-state index in [2.05, 4.69) is 5.32 Å². The van der Waals surface area contributed by atoms with Gasteiger partial charge in [-0.3, -0.25) is 4.79 Å². The molecule has 34 heavy (non-hydrogen) atoms. The molecule has 2 heterocycles.